The summed E-state index contributed by atoms with van der Waals surface area (Å²) in [6.07, 6.45) is 2.52. The second-order valence-electron chi connectivity index (χ2n) is 4.03. The summed E-state index contributed by atoms with van der Waals surface area (Å²) in [4.78, 5) is 12.9. The molecule has 0 fully saturated rings. The highest BCUT2D eigenvalue weighted by molar-refractivity contribution is 7.09. The molecule has 4 nitrogen and oxygen atoms in total. The van der Waals surface area contributed by atoms with E-state index in [1.165, 1.54) is 4.88 Å². The second-order valence-corrected chi connectivity index (χ2v) is 5.06. The van der Waals surface area contributed by atoms with Crippen molar-refractivity contribution in [2.24, 2.45) is 0 Å². The third-order valence-electron chi connectivity index (χ3n) is 2.51. The Morgan fingerprint density at radius 2 is 2.21 bits per heavy atom. The molecule has 0 bridgehead atoms. The Labute approximate surface area is 125 Å². The number of hydrogen-bond acceptors (Lipinski definition) is 4. The molecule has 1 aromatic rings. The molecule has 2 N–H and O–H groups in total. The lowest BCUT2D eigenvalue weighted by atomic mass is 10.2. The van der Waals surface area contributed by atoms with Gasteiger partial charge in [-0.2, -0.15) is 0 Å². The molecule has 0 aliphatic rings. The number of halogens is 1. The minimum Gasteiger partial charge on any atom is -0.383 e. The van der Waals surface area contributed by atoms with Gasteiger partial charge in [-0.15, -0.1) is 23.7 Å². The maximum absolute atomic E-state index is 11.5. The summed E-state index contributed by atoms with van der Waals surface area (Å²) in [5.74, 6) is 0.139. The van der Waals surface area contributed by atoms with Gasteiger partial charge in [0, 0.05) is 38.0 Å². The zero-order valence-electron chi connectivity index (χ0n) is 11.3. The van der Waals surface area contributed by atoms with Gasteiger partial charge >= 0.3 is 0 Å². The second kappa shape index (κ2) is 12.4. The van der Waals surface area contributed by atoms with E-state index in [0.29, 0.717) is 19.6 Å². The number of ether oxygens (including phenoxy) is 1. The molecule has 0 saturated carbocycles. The first kappa shape index (κ1) is 18.4. The van der Waals surface area contributed by atoms with Gasteiger partial charge in [0.1, 0.15) is 0 Å². The van der Waals surface area contributed by atoms with Crippen LogP contribution >= 0.6 is 23.7 Å². The van der Waals surface area contributed by atoms with Gasteiger partial charge in [-0.05, 0) is 24.3 Å². The number of methoxy groups -OCH3 is 1. The number of thiophene rings is 1. The van der Waals surface area contributed by atoms with E-state index >= 15 is 0 Å². The van der Waals surface area contributed by atoms with E-state index in [-0.39, 0.29) is 18.3 Å². The van der Waals surface area contributed by atoms with Crippen molar-refractivity contribution in [1.29, 1.82) is 0 Å². The lowest BCUT2D eigenvalue weighted by molar-refractivity contribution is -0.121. The lowest BCUT2D eigenvalue weighted by Gasteiger charge is -2.06. The summed E-state index contributed by atoms with van der Waals surface area (Å²) >= 11 is 1.75. The number of nitrogens with one attached hydrogen (secondary N) is 2. The van der Waals surface area contributed by atoms with Crippen LogP contribution in [0.2, 0.25) is 0 Å². The number of hydrogen-bond donors (Lipinski definition) is 2. The van der Waals surface area contributed by atoms with Crippen LogP contribution < -0.4 is 10.6 Å². The van der Waals surface area contributed by atoms with Gasteiger partial charge in [-0.25, -0.2) is 0 Å². The van der Waals surface area contributed by atoms with Gasteiger partial charge in [-0.3, -0.25) is 4.79 Å². The standard InChI is InChI=1S/C13H22N2O2S.ClH/c1-17-10-9-14-7-8-15-13(16)6-2-4-12-5-3-11-18-12;/h3,5,11,14H,2,4,6-10H2,1H3,(H,15,16);1H. The molecule has 0 saturated heterocycles. The molecule has 0 aliphatic heterocycles. The van der Waals surface area contributed by atoms with Crippen molar-refractivity contribution < 1.29 is 9.53 Å². The highest BCUT2D eigenvalue weighted by Gasteiger charge is 2.01. The summed E-state index contributed by atoms with van der Waals surface area (Å²) < 4.78 is 4.91. The quantitative estimate of drug-likeness (QED) is 0.649. The maximum Gasteiger partial charge on any atom is 0.220 e. The topological polar surface area (TPSA) is 50.4 Å². The highest BCUT2D eigenvalue weighted by atomic mass is 35.5. The van der Waals surface area contributed by atoms with Crippen molar-refractivity contribution >= 4 is 29.7 Å². The van der Waals surface area contributed by atoms with Gasteiger partial charge in [0.15, 0.2) is 0 Å². The molecule has 1 rings (SSSR count). The monoisotopic (exact) mass is 306 g/mol. The zero-order chi connectivity index (χ0) is 13.1. The average Bonchev–Trinajstić information content (AvgIpc) is 2.87. The van der Waals surface area contributed by atoms with Crippen LogP contribution in [-0.2, 0) is 16.0 Å². The summed E-state index contributed by atoms with van der Waals surface area (Å²) in [6.45, 7) is 3.00. The Balaban J connectivity index is 0.00000324. The molecule has 6 heteroatoms. The molecule has 1 amide bonds. The Kier molecular flexibility index (Phi) is 12.0. The van der Waals surface area contributed by atoms with Crippen molar-refractivity contribution in [2.45, 2.75) is 19.3 Å². The van der Waals surface area contributed by atoms with Crippen molar-refractivity contribution in [3.8, 4) is 0 Å². The zero-order valence-corrected chi connectivity index (χ0v) is 12.9. The van der Waals surface area contributed by atoms with Gasteiger partial charge in [0.05, 0.1) is 6.61 Å². The fourth-order valence-electron chi connectivity index (χ4n) is 1.56. The molecule has 0 aromatic carbocycles. The van der Waals surface area contributed by atoms with E-state index in [1.807, 2.05) is 6.07 Å². The SMILES string of the molecule is COCCNCCNC(=O)CCCc1cccs1.Cl. The van der Waals surface area contributed by atoms with E-state index in [9.17, 15) is 4.79 Å². The molecule has 0 atom stereocenters. The first-order valence-electron chi connectivity index (χ1n) is 6.31. The van der Waals surface area contributed by atoms with Crippen LogP contribution in [0.3, 0.4) is 0 Å². The average molecular weight is 307 g/mol. The first-order valence-corrected chi connectivity index (χ1v) is 7.19. The minimum absolute atomic E-state index is 0. The summed E-state index contributed by atoms with van der Waals surface area (Å²) in [7, 11) is 1.68. The van der Waals surface area contributed by atoms with Gasteiger partial charge in [-0.1, -0.05) is 6.07 Å². The molecular formula is C13H23ClN2O2S. The van der Waals surface area contributed by atoms with Crippen molar-refractivity contribution in [3.63, 3.8) is 0 Å². The fourth-order valence-corrected chi connectivity index (χ4v) is 2.31. The normalized spacial score (nSPS) is 9.95. The van der Waals surface area contributed by atoms with E-state index in [0.717, 1.165) is 25.9 Å². The third kappa shape index (κ3) is 9.90. The molecule has 1 heterocycles. The van der Waals surface area contributed by atoms with E-state index in [2.05, 4.69) is 22.1 Å². The van der Waals surface area contributed by atoms with Crippen LogP contribution in [0.25, 0.3) is 0 Å². The Morgan fingerprint density at radius 1 is 1.37 bits per heavy atom. The minimum atomic E-state index is 0. The van der Waals surface area contributed by atoms with Crippen molar-refractivity contribution in [2.75, 3.05) is 33.4 Å². The first-order chi connectivity index (χ1) is 8.83. The van der Waals surface area contributed by atoms with Crippen LogP contribution in [0.5, 0.6) is 0 Å². The van der Waals surface area contributed by atoms with Crippen LogP contribution in [0, 0.1) is 0 Å². The van der Waals surface area contributed by atoms with Crippen molar-refractivity contribution in [1.82, 2.24) is 10.6 Å². The molecule has 19 heavy (non-hydrogen) atoms. The Hall–Kier alpha value is -0.620. The Morgan fingerprint density at radius 3 is 2.89 bits per heavy atom. The number of carbonyl (C=O) groups excluding carboxylic acids is 1. The molecule has 110 valence electrons. The third-order valence-corrected chi connectivity index (χ3v) is 3.45. The van der Waals surface area contributed by atoms with Crippen molar-refractivity contribution in [3.05, 3.63) is 22.4 Å². The lowest BCUT2D eigenvalue weighted by Crippen LogP contribution is -2.32. The van der Waals surface area contributed by atoms with Crippen LogP contribution in [0.4, 0.5) is 0 Å². The smallest absolute Gasteiger partial charge is 0.220 e. The molecule has 0 radical (unpaired) electrons. The number of amides is 1. The number of carbonyl (C=O) groups is 1. The van der Waals surface area contributed by atoms with Gasteiger partial charge in [0.2, 0.25) is 5.91 Å². The van der Waals surface area contributed by atoms with Crippen LogP contribution in [-0.4, -0.2) is 39.3 Å². The predicted octanol–water partition coefficient (Wildman–Crippen LogP) is 1.84. The van der Waals surface area contributed by atoms with Crippen LogP contribution in [0.15, 0.2) is 17.5 Å². The Bertz CT molecular complexity index is 320. The summed E-state index contributed by atoms with van der Waals surface area (Å²) in [6, 6.07) is 4.16. The van der Waals surface area contributed by atoms with Gasteiger partial charge in [0.25, 0.3) is 0 Å². The number of aryl methyl sites for hydroxylation is 1. The largest absolute Gasteiger partial charge is 0.383 e. The maximum atomic E-state index is 11.5. The highest BCUT2D eigenvalue weighted by Crippen LogP contribution is 2.11. The summed E-state index contributed by atoms with van der Waals surface area (Å²) in [5.41, 5.74) is 0. The predicted molar refractivity (Wildman–Crippen MR) is 82.3 cm³/mol. The van der Waals surface area contributed by atoms with Crippen LogP contribution in [0.1, 0.15) is 17.7 Å². The molecule has 0 spiro atoms. The van der Waals surface area contributed by atoms with E-state index < -0.39 is 0 Å². The van der Waals surface area contributed by atoms with E-state index in [1.54, 1.807) is 18.4 Å². The molecule has 0 aliphatic carbocycles. The summed E-state index contributed by atoms with van der Waals surface area (Å²) in [5, 5.41) is 8.15. The van der Waals surface area contributed by atoms with Gasteiger partial charge < -0.3 is 15.4 Å². The molecule has 1 aromatic heterocycles. The number of rotatable bonds is 10. The fraction of sp³-hybridized carbons (Fsp3) is 0.615. The molecular weight excluding hydrogens is 284 g/mol. The molecule has 0 unspecified atom stereocenters. The van der Waals surface area contributed by atoms with E-state index in [4.69, 9.17) is 4.74 Å².